The van der Waals surface area contributed by atoms with Crippen LogP contribution in [-0.4, -0.2) is 35.1 Å². The fraction of sp³-hybridized carbons (Fsp3) is 0.278. The van der Waals surface area contributed by atoms with Crippen LogP contribution >= 0.6 is 0 Å². The quantitative estimate of drug-likeness (QED) is 0.756. The number of hydrogen-bond acceptors (Lipinski definition) is 4. The fourth-order valence-electron chi connectivity index (χ4n) is 2.23. The van der Waals surface area contributed by atoms with Gasteiger partial charge in [-0.2, -0.15) is 0 Å². The lowest BCUT2D eigenvalue weighted by atomic mass is 10.1. The molecule has 7 heteroatoms. The van der Waals surface area contributed by atoms with Gasteiger partial charge in [0.25, 0.3) is 0 Å². The zero-order valence-corrected chi connectivity index (χ0v) is 14.4. The lowest BCUT2D eigenvalue weighted by molar-refractivity contribution is -0.116. The first-order chi connectivity index (χ1) is 12.0. The molecule has 0 aliphatic heterocycles. The number of benzene rings is 1. The van der Waals surface area contributed by atoms with E-state index in [0.717, 1.165) is 12.0 Å². The minimum Gasteiger partial charge on any atom is -0.360 e. The number of carbonyl (C=O) groups is 2. The van der Waals surface area contributed by atoms with E-state index in [1.165, 1.54) is 4.90 Å². The summed E-state index contributed by atoms with van der Waals surface area (Å²) in [5.41, 5.74) is 1.80. The summed E-state index contributed by atoms with van der Waals surface area (Å²) >= 11 is 0. The van der Waals surface area contributed by atoms with E-state index in [1.54, 1.807) is 25.1 Å². The number of aromatic nitrogens is 1. The van der Waals surface area contributed by atoms with Gasteiger partial charge in [-0.3, -0.25) is 4.79 Å². The first-order valence-corrected chi connectivity index (χ1v) is 8.00. The Hall–Kier alpha value is -3.09. The maximum atomic E-state index is 12.4. The van der Waals surface area contributed by atoms with Crippen molar-refractivity contribution in [2.24, 2.45) is 0 Å². The summed E-state index contributed by atoms with van der Waals surface area (Å²) in [4.78, 5) is 25.9. The molecule has 0 spiro atoms. The van der Waals surface area contributed by atoms with Gasteiger partial charge in [0.05, 0.1) is 0 Å². The number of nitrogens with one attached hydrogen (secondary N) is 2. The molecule has 0 saturated carbocycles. The highest BCUT2D eigenvalue weighted by Gasteiger charge is 2.17. The average Bonchev–Trinajstić information content (AvgIpc) is 2.99. The second-order valence-electron chi connectivity index (χ2n) is 5.52. The molecule has 0 radical (unpaired) electrons. The topological polar surface area (TPSA) is 87.5 Å². The Morgan fingerprint density at radius 2 is 2.12 bits per heavy atom. The summed E-state index contributed by atoms with van der Waals surface area (Å²) in [7, 11) is 0. The molecule has 0 atom stereocenters. The molecule has 132 valence electrons. The highest BCUT2D eigenvalue weighted by Crippen LogP contribution is 2.12. The molecule has 2 aromatic rings. The summed E-state index contributed by atoms with van der Waals surface area (Å²) in [5.74, 6) is 0.538. The molecule has 1 heterocycles. The molecule has 25 heavy (non-hydrogen) atoms. The standard InChI is InChI=1S/C18H22N4O3/c1-4-9-22(12-17(23)20-16-10-13(3)25-21-16)18(24)19-15-8-6-7-14(5-2)11-15/h4,6-8,10-11H,1,5,9,12H2,2-3H3,(H,19,24)(H,20,21,23). The van der Waals surface area contributed by atoms with Crippen LogP contribution < -0.4 is 10.6 Å². The lowest BCUT2D eigenvalue weighted by Gasteiger charge is -2.21. The second kappa shape index (κ2) is 8.68. The number of amides is 3. The van der Waals surface area contributed by atoms with E-state index in [9.17, 15) is 9.59 Å². The molecule has 0 bridgehead atoms. The van der Waals surface area contributed by atoms with Crippen LogP contribution in [0.25, 0.3) is 0 Å². The van der Waals surface area contributed by atoms with Crippen molar-refractivity contribution in [3.8, 4) is 0 Å². The number of aryl methyl sites for hydroxylation is 2. The van der Waals surface area contributed by atoms with E-state index in [1.807, 2.05) is 25.1 Å². The SMILES string of the molecule is C=CCN(CC(=O)Nc1cc(C)on1)C(=O)Nc1cccc(CC)c1. The van der Waals surface area contributed by atoms with Crippen LogP contribution in [0.2, 0.25) is 0 Å². The third-order valence-electron chi connectivity index (χ3n) is 3.45. The zero-order chi connectivity index (χ0) is 18.2. The van der Waals surface area contributed by atoms with E-state index in [4.69, 9.17) is 4.52 Å². The van der Waals surface area contributed by atoms with Crippen LogP contribution in [0, 0.1) is 6.92 Å². The Labute approximate surface area is 146 Å². The molecular formula is C18H22N4O3. The third-order valence-corrected chi connectivity index (χ3v) is 3.45. The molecule has 1 aromatic heterocycles. The highest BCUT2D eigenvalue weighted by atomic mass is 16.5. The average molecular weight is 342 g/mol. The second-order valence-corrected chi connectivity index (χ2v) is 5.52. The molecule has 0 unspecified atom stereocenters. The first-order valence-electron chi connectivity index (χ1n) is 8.00. The van der Waals surface area contributed by atoms with E-state index in [2.05, 4.69) is 22.4 Å². The monoisotopic (exact) mass is 342 g/mol. The Morgan fingerprint density at radius 3 is 2.76 bits per heavy atom. The van der Waals surface area contributed by atoms with Crippen molar-refractivity contribution in [2.45, 2.75) is 20.3 Å². The molecule has 7 nitrogen and oxygen atoms in total. The molecule has 3 amide bonds. The predicted molar refractivity (Wildman–Crippen MR) is 96.5 cm³/mol. The van der Waals surface area contributed by atoms with E-state index in [-0.39, 0.29) is 25.0 Å². The summed E-state index contributed by atoms with van der Waals surface area (Å²) in [6, 6.07) is 8.81. The number of carbonyl (C=O) groups excluding carboxylic acids is 2. The van der Waals surface area contributed by atoms with Gasteiger partial charge in [-0.1, -0.05) is 30.3 Å². The molecule has 2 N–H and O–H groups in total. The summed E-state index contributed by atoms with van der Waals surface area (Å²) in [6.07, 6.45) is 2.44. The summed E-state index contributed by atoms with van der Waals surface area (Å²) in [5, 5.41) is 9.08. The van der Waals surface area contributed by atoms with Crippen LogP contribution in [0.3, 0.4) is 0 Å². The van der Waals surface area contributed by atoms with Crippen molar-refractivity contribution >= 4 is 23.4 Å². The third kappa shape index (κ3) is 5.49. The Morgan fingerprint density at radius 1 is 1.32 bits per heavy atom. The van der Waals surface area contributed by atoms with Crippen molar-refractivity contribution in [3.05, 3.63) is 54.3 Å². The van der Waals surface area contributed by atoms with Crippen molar-refractivity contribution in [1.29, 1.82) is 0 Å². The molecule has 0 saturated heterocycles. The normalized spacial score (nSPS) is 10.2. The Bertz CT molecular complexity index is 754. The highest BCUT2D eigenvalue weighted by molar-refractivity contribution is 5.96. The maximum Gasteiger partial charge on any atom is 0.322 e. The van der Waals surface area contributed by atoms with Crippen molar-refractivity contribution in [1.82, 2.24) is 10.1 Å². The van der Waals surface area contributed by atoms with Crippen molar-refractivity contribution < 1.29 is 14.1 Å². The smallest absolute Gasteiger partial charge is 0.322 e. The van der Waals surface area contributed by atoms with Gasteiger partial charge < -0.3 is 20.1 Å². The maximum absolute atomic E-state index is 12.4. The van der Waals surface area contributed by atoms with Gasteiger partial charge in [0.15, 0.2) is 5.82 Å². The van der Waals surface area contributed by atoms with Gasteiger partial charge in [-0.25, -0.2) is 4.79 Å². The van der Waals surface area contributed by atoms with Crippen LogP contribution in [0.4, 0.5) is 16.3 Å². The number of nitrogens with zero attached hydrogens (tertiary/aromatic N) is 2. The summed E-state index contributed by atoms with van der Waals surface area (Å²) in [6.45, 7) is 7.51. The minimum absolute atomic E-state index is 0.128. The Kier molecular flexibility index (Phi) is 6.33. The first kappa shape index (κ1) is 18.3. The lowest BCUT2D eigenvalue weighted by Crippen LogP contribution is -2.40. The van der Waals surface area contributed by atoms with Gasteiger partial charge in [0.1, 0.15) is 12.3 Å². The van der Waals surface area contributed by atoms with Crippen LogP contribution in [-0.2, 0) is 11.2 Å². The van der Waals surface area contributed by atoms with Gasteiger partial charge in [-0.15, -0.1) is 6.58 Å². The fourth-order valence-corrected chi connectivity index (χ4v) is 2.23. The van der Waals surface area contributed by atoms with E-state index < -0.39 is 0 Å². The van der Waals surface area contributed by atoms with Crippen LogP contribution in [0.5, 0.6) is 0 Å². The molecule has 0 aliphatic carbocycles. The predicted octanol–water partition coefficient (Wildman–Crippen LogP) is 3.20. The largest absolute Gasteiger partial charge is 0.360 e. The van der Waals surface area contributed by atoms with Gasteiger partial charge in [-0.05, 0) is 31.0 Å². The van der Waals surface area contributed by atoms with Gasteiger partial charge in [0.2, 0.25) is 5.91 Å². The van der Waals surface area contributed by atoms with Crippen molar-refractivity contribution in [2.75, 3.05) is 23.7 Å². The molecule has 2 rings (SSSR count). The number of rotatable bonds is 7. The number of anilines is 2. The Balaban J connectivity index is 1.99. The van der Waals surface area contributed by atoms with E-state index >= 15 is 0 Å². The van der Waals surface area contributed by atoms with Crippen molar-refractivity contribution in [3.63, 3.8) is 0 Å². The molecule has 0 fully saturated rings. The number of hydrogen-bond donors (Lipinski definition) is 2. The van der Waals surface area contributed by atoms with E-state index in [0.29, 0.717) is 17.3 Å². The van der Waals surface area contributed by atoms with Crippen LogP contribution in [0.15, 0.2) is 47.5 Å². The van der Waals surface area contributed by atoms with Crippen LogP contribution in [0.1, 0.15) is 18.2 Å². The molecule has 1 aromatic carbocycles. The summed E-state index contributed by atoms with van der Waals surface area (Å²) < 4.78 is 4.89. The molecular weight excluding hydrogens is 320 g/mol. The zero-order valence-electron chi connectivity index (χ0n) is 14.4. The minimum atomic E-state index is -0.375. The molecule has 0 aliphatic rings. The number of urea groups is 1. The van der Waals surface area contributed by atoms with Gasteiger partial charge >= 0.3 is 6.03 Å². The van der Waals surface area contributed by atoms with Gasteiger partial charge in [0, 0.05) is 18.3 Å².